The van der Waals surface area contributed by atoms with Crippen LogP contribution in [0.15, 0.2) is 0 Å². The SMILES string of the molecule is C#CCC(C)(N)C(=O)OC. The Morgan fingerprint density at radius 3 is 2.70 bits per heavy atom. The standard InChI is InChI=1S/C7H11NO2/c1-4-5-7(2,8)6(9)10-3/h1H,5,8H2,2-3H3. The molecule has 0 aliphatic rings. The highest BCUT2D eigenvalue weighted by atomic mass is 16.5. The Kier molecular flexibility index (Phi) is 2.91. The van der Waals surface area contributed by atoms with Crippen molar-refractivity contribution >= 4 is 5.97 Å². The maximum absolute atomic E-state index is 10.8. The fourth-order valence-electron chi connectivity index (χ4n) is 0.517. The highest BCUT2D eigenvalue weighted by Gasteiger charge is 2.27. The monoisotopic (exact) mass is 141 g/mol. The average molecular weight is 141 g/mol. The summed E-state index contributed by atoms with van der Waals surface area (Å²) < 4.78 is 4.41. The molecule has 0 fully saturated rings. The van der Waals surface area contributed by atoms with Crippen molar-refractivity contribution in [1.29, 1.82) is 0 Å². The molecule has 0 saturated heterocycles. The second-order valence-electron chi connectivity index (χ2n) is 2.29. The fraction of sp³-hybridized carbons (Fsp3) is 0.571. The largest absolute Gasteiger partial charge is 0.468 e. The van der Waals surface area contributed by atoms with Gasteiger partial charge in [-0.25, -0.2) is 0 Å². The van der Waals surface area contributed by atoms with Crippen LogP contribution in [0.5, 0.6) is 0 Å². The number of methoxy groups -OCH3 is 1. The van der Waals surface area contributed by atoms with Gasteiger partial charge in [-0.05, 0) is 6.92 Å². The Morgan fingerprint density at radius 2 is 2.40 bits per heavy atom. The van der Waals surface area contributed by atoms with Gasteiger partial charge in [-0.1, -0.05) is 0 Å². The summed E-state index contributed by atoms with van der Waals surface area (Å²) in [4.78, 5) is 10.8. The molecular weight excluding hydrogens is 130 g/mol. The number of carbonyl (C=O) groups is 1. The van der Waals surface area contributed by atoms with E-state index in [0.29, 0.717) is 0 Å². The summed E-state index contributed by atoms with van der Waals surface area (Å²) in [5.74, 6) is 1.82. The smallest absolute Gasteiger partial charge is 0.326 e. The Bertz CT molecular complexity index is 167. The van der Waals surface area contributed by atoms with E-state index in [1.54, 1.807) is 6.92 Å². The van der Waals surface area contributed by atoms with Gasteiger partial charge in [-0.3, -0.25) is 4.79 Å². The molecule has 0 aromatic carbocycles. The molecule has 0 bridgehead atoms. The number of terminal acetylenes is 1. The van der Waals surface area contributed by atoms with E-state index in [2.05, 4.69) is 10.7 Å². The highest BCUT2D eigenvalue weighted by Crippen LogP contribution is 2.05. The van der Waals surface area contributed by atoms with Gasteiger partial charge in [0.15, 0.2) is 0 Å². The summed E-state index contributed by atoms with van der Waals surface area (Å²) in [6.07, 6.45) is 5.16. The van der Waals surface area contributed by atoms with Crippen LogP contribution in [0.3, 0.4) is 0 Å². The zero-order valence-corrected chi connectivity index (χ0v) is 6.18. The average Bonchev–Trinajstić information content (AvgIpc) is 1.86. The van der Waals surface area contributed by atoms with Gasteiger partial charge in [-0.2, -0.15) is 0 Å². The highest BCUT2D eigenvalue weighted by molar-refractivity contribution is 5.80. The van der Waals surface area contributed by atoms with Crippen LogP contribution >= 0.6 is 0 Å². The zero-order chi connectivity index (χ0) is 8.20. The molecule has 0 aromatic heterocycles. The first kappa shape index (κ1) is 8.99. The van der Waals surface area contributed by atoms with Crippen LogP contribution in [0.1, 0.15) is 13.3 Å². The van der Waals surface area contributed by atoms with E-state index in [0.717, 1.165) is 0 Å². The quantitative estimate of drug-likeness (QED) is 0.431. The second kappa shape index (κ2) is 3.23. The third-order valence-electron chi connectivity index (χ3n) is 1.12. The minimum atomic E-state index is -1.04. The topological polar surface area (TPSA) is 52.3 Å². The third-order valence-corrected chi connectivity index (χ3v) is 1.12. The molecule has 56 valence electrons. The van der Waals surface area contributed by atoms with Crippen LogP contribution in [0.25, 0.3) is 0 Å². The summed E-state index contributed by atoms with van der Waals surface area (Å²) in [5, 5.41) is 0. The minimum Gasteiger partial charge on any atom is -0.468 e. The number of rotatable bonds is 2. The van der Waals surface area contributed by atoms with Crippen LogP contribution in [0, 0.1) is 12.3 Å². The van der Waals surface area contributed by atoms with Gasteiger partial charge in [0.05, 0.1) is 7.11 Å². The lowest BCUT2D eigenvalue weighted by molar-refractivity contribution is -0.146. The second-order valence-corrected chi connectivity index (χ2v) is 2.29. The summed E-state index contributed by atoms with van der Waals surface area (Å²) in [6, 6.07) is 0. The van der Waals surface area contributed by atoms with Crippen LogP contribution < -0.4 is 5.73 Å². The van der Waals surface area contributed by atoms with Crippen molar-refractivity contribution < 1.29 is 9.53 Å². The van der Waals surface area contributed by atoms with E-state index < -0.39 is 11.5 Å². The number of nitrogens with two attached hydrogens (primary N) is 1. The van der Waals surface area contributed by atoms with E-state index in [1.165, 1.54) is 7.11 Å². The number of hydrogen-bond donors (Lipinski definition) is 1. The number of ether oxygens (including phenoxy) is 1. The molecule has 0 spiro atoms. The third kappa shape index (κ3) is 2.08. The van der Waals surface area contributed by atoms with Gasteiger partial charge < -0.3 is 10.5 Å². The molecule has 0 radical (unpaired) electrons. The Hall–Kier alpha value is -1.01. The predicted octanol–water partition coefficient (Wildman–Crippen LogP) is -0.0999. The Morgan fingerprint density at radius 1 is 1.90 bits per heavy atom. The van der Waals surface area contributed by atoms with Crippen molar-refractivity contribution in [3.05, 3.63) is 0 Å². The first-order chi connectivity index (χ1) is 4.54. The van der Waals surface area contributed by atoms with E-state index in [-0.39, 0.29) is 6.42 Å². The van der Waals surface area contributed by atoms with Crippen LogP contribution in [0.2, 0.25) is 0 Å². The van der Waals surface area contributed by atoms with E-state index >= 15 is 0 Å². The maximum Gasteiger partial charge on any atom is 0.326 e. The van der Waals surface area contributed by atoms with Crippen molar-refractivity contribution in [1.82, 2.24) is 0 Å². The summed E-state index contributed by atoms with van der Waals surface area (Å²) >= 11 is 0. The molecule has 1 unspecified atom stereocenters. The van der Waals surface area contributed by atoms with Gasteiger partial charge in [0.25, 0.3) is 0 Å². The van der Waals surface area contributed by atoms with Gasteiger partial charge in [0.2, 0.25) is 0 Å². The zero-order valence-electron chi connectivity index (χ0n) is 6.18. The number of hydrogen-bond acceptors (Lipinski definition) is 3. The molecule has 0 aromatic rings. The Balaban J connectivity index is 4.13. The normalized spacial score (nSPS) is 15.0. The van der Waals surface area contributed by atoms with Gasteiger partial charge in [0, 0.05) is 6.42 Å². The summed E-state index contributed by atoms with van der Waals surface area (Å²) in [6.45, 7) is 1.54. The lowest BCUT2D eigenvalue weighted by Crippen LogP contribution is -2.45. The molecule has 3 heteroatoms. The minimum absolute atomic E-state index is 0.194. The van der Waals surface area contributed by atoms with Crippen LogP contribution in [0.4, 0.5) is 0 Å². The first-order valence-electron chi connectivity index (χ1n) is 2.85. The molecule has 0 saturated carbocycles. The maximum atomic E-state index is 10.8. The van der Waals surface area contributed by atoms with Gasteiger partial charge in [0.1, 0.15) is 5.54 Å². The lowest BCUT2D eigenvalue weighted by Gasteiger charge is -2.17. The van der Waals surface area contributed by atoms with Crippen molar-refractivity contribution in [2.24, 2.45) is 5.73 Å². The molecule has 1 atom stereocenters. The van der Waals surface area contributed by atoms with Crippen molar-refractivity contribution in [3.8, 4) is 12.3 Å². The van der Waals surface area contributed by atoms with Crippen LogP contribution in [-0.2, 0) is 9.53 Å². The van der Waals surface area contributed by atoms with E-state index in [4.69, 9.17) is 12.2 Å². The van der Waals surface area contributed by atoms with Crippen molar-refractivity contribution in [3.63, 3.8) is 0 Å². The fourth-order valence-corrected chi connectivity index (χ4v) is 0.517. The molecule has 0 heterocycles. The number of carbonyl (C=O) groups excluding carboxylic acids is 1. The molecule has 0 aliphatic carbocycles. The molecule has 3 nitrogen and oxygen atoms in total. The molecule has 0 rings (SSSR count). The predicted molar refractivity (Wildman–Crippen MR) is 38.1 cm³/mol. The van der Waals surface area contributed by atoms with Crippen LogP contribution in [-0.4, -0.2) is 18.6 Å². The molecule has 0 aliphatic heterocycles. The van der Waals surface area contributed by atoms with Gasteiger partial charge >= 0.3 is 5.97 Å². The molecular formula is C7H11NO2. The first-order valence-corrected chi connectivity index (χ1v) is 2.85. The van der Waals surface area contributed by atoms with Crippen molar-refractivity contribution in [2.45, 2.75) is 18.9 Å². The van der Waals surface area contributed by atoms with E-state index in [9.17, 15) is 4.79 Å². The summed E-state index contributed by atoms with van der Waals surface area (Å²) in [5.41, 5.74) is 4.43. The van der Waals surface area contributed by atoms with E-state index in [1.807, 2.05) is 0 Å². The van der Waals surface area contributed by atoms with Gasteiger partial charge in [-0.15, -0.1) is 12.3 Å². The Labute approximate surface area is 60.5 Å². The molecule has 2 N–H and O–H groups in total. The number of esters is 1. The summed E-state index contributed by atoms with van der Waals surface area (Å²) in [7, 11) is 1.28. The molecule has 0 amide bonds. The molecule has 10 heavy (non-hydrogen) atoms. The lowest BCUT2D eigenvalue weighted by atomic mass is 10.0. The van der Waals surface area contributed by atoms with Crippen molar-refractivity contribution in [2.75, 3.05) is 7.11 Å².